The summed E-state index contributed by atoms with van der Waals surface area (Å²) in [7, 11) is 0. The predicted molar refractivity (Wildman–Crippen MR) is 98.2 cm³/mol. The van der Waals surface area contributed by atoms with E-state index in [0.717, 1.165) is 18.4 Å². The highest BCUT2D eigenvalue weighted by atomic mass is 16.6. The standard InChI is InChI=1S/C20H27NO6/c1-19(2,3)27-18(25)21-9-4-7-20(8-10-21)12-26-16-14(11-22)13(17(23)24)5-6-15(16)20/h5-6,22H,4,7-12H2,1-3H3,(H,23,24). The van der Waals surface area contributed by atoms with Gasteiger partial charge in [-0.05, 0) is 46.1 Å². The molecule has 1 spiro atoms. The van der Waals surface area contributed by atoms with E-state index >= 15 is 0 Å². The minimum Gasteiger partial charge on any atom is -0.492 e. The van der Waals surface area contributed by atoms with Crippen molar-refractivity contribution < 1.29 is 29.3 Å². The van der Waals surface area contributed by atoms with Crippen molar-refractivity contribution in [2.24, 2.45) is 0 Å². The largest absolute Gasteiger partial charge is 0.492 e. The quantitative estimate of drug-likeness (QED) is 0.823. The van der Waals surface area contributed by atoms with Crippen molar-refractivity contribution in [1.29, 1.82) is 0 Å². The predicted octanol–water partition coefficient (Wildman–Crippen LogP) is 2.93. The second-order valence-electron chi connectivity index (χ2n) is 8.32. The first-order chi connectivity index (χ1) is 12.7. The summed E-state index contributed by atoms with van der Waals surface area (Å²) < 4.78 is 11.4. The lowest BCUT2D eigenvalue weighted by molar-refractivity contribution is 0.0253. The van der Waals surface area contributed by atoms with Crippen LogP contribution in [0.5, 0.6) is 5.75 Å². The van der Waals surface area contributed by atoms with Crippen LogP contribution in [-0.4, -0.2) is 52.5 Å². The molecule has 2 N–H and O–H groups in total. The average molecular weight is 377 g/mol. The van der Waals surface area contributed by atoms with Crippen molar-refractivity contribution in [3.05, 3.63) is 28.8 Å². The van der Waals surface area contributed by atoms with Crippen LogP contribution >= 0.6 is 0 Å². The smallest absolute Gasteiger partial charge is 0.410 e. The Labute approximate surface area is 158 Å². The number of ether oxygens (including phenoxy) is 2. The first kappa shape index (κ1) is 19.5. The summed E-state index contributed by atoms with van der Waals surface area (Å²) in [6.07, 6.45) is 2.03. The van der Waals surface area contributed by atoms with Crippen LogP contribution in [0.2, 0.25) is 0 Å². The van der Waals surface area contributed by atoms with E-state index < -0.39 is 11.6 Å². The molecule has 0 aliphatic carbocycles. The maximum atomic E-state index is 12.4. The number of fused-ring (bicyclic) bond motifs is 2. The van der Waals surface area contributed by atoms with E-state index in [1.54, 1.807) is 17.0 Å². The summed E-state index contributed by atoms with van der Waals surface area (Å²) in [4.78, 5) is 25.6. The van der Waals surface area contributed by atoms with E-state index in [9.17, 15) is 19.8 Å². The maximum absolute atomic E-state index is 12.4. The zero-order valence-electron chi connectivity index (χ0n) is 16.1. The molecule has 1 atom stereocenters. The van der Waals surface area contributed by atoms with E-state index in [1.807, 2.05) is 20.8 Å². The number of nitrogens with zero attached hydrogens (tertiary/aromatic N) is 1. The highest BCUT2D eigenvalue weighted by Gasteiger charge is 2.44. The maximum Gasteiger partial charge on any atom is 0.410 e. The van der Waals surface area contributed by atoms with E-state index in [-0.39, 0.29) is 23.7 Å². The van der Waals surface area contributed by atoms with Gasteiger partial charge in [0.25, 0.3) is 0 Å². The number of carboxylic acids is 1. The zero-order chi connectivity index (χ0) is 19.8. The number of carbonyl (C=O) groups is 2. The summed E-state index contributed by atoms with van der Waals surface area (Å²) in [6, 6.07) is 3.34. The van der Waals surface area contributed by atoms with Gasteiger partial charge in [-0.3, -0.25) is 0 Å². The molecule has 0 bridgehead atoms. The van der Waals surface area contributed by atoms with Gasteiger partial charge < -0.3 is 24.6 Å². The number of hydrogen-bond acceptors (Lipinski definition) is 5. The normalized spacial score (nSPS) is 22.1. The Morgan fingerprint density at radius 1 is 1.26 bits per heavy atom. The lowest BCUT2D eigenvalue weighted by Crippen LogP contribution is -2.38. The molecule has 1 aromatic carbocycles. The van der Waals surface area contributed by atoms with Crippen molar-refractivity contribution in [3.63, 3.8) is 0 Å². The Balaban J connectivity index is 1.84. The van der Waals surface area contributed by atoms with E-state index in [4.69, 9.17) is 9.47 Å². The number of carboxylic acid groups (broad SMARTS) is 1. The number of amides is 1. The number of aromatic carboxylic acids is 1. The number of aliphatic hydroxyl groups is 1. The number of rotatable bonds is 2. The summed E-state index contributed by atoms with van der Waals surface area (Å²) in [6.45, 7) is 6.76. The van der Waals surface area contributed by atoms with Gasteiger partial charge in [-0.25, -0.2) is 9.59 Å². The van der Waals surface area contributed by atoms with Crippen LogP contribution in [0, 0.1) is 0 Å². The molecule has 148 valence electrons. The number of likely N-dealkylation sites (tertiary alicyclic amines) is 1. The Kier molecular flexibility index (Phi) is 5.08. The van der Waals surface area contributed by atoms with Crippen molar-refractivity contribution in [1.82, 2.24) is 4.90 Å². The number of carbonyl (C=O) groups excluding carboxylic acids is 1. The average Bonchev–Trinajstić information content (AvgIpc) is 2.79. The van der Waals surface area contributed by atoms with Crippen LogP contribution in [0.25, 0.3) is 0 Å². The molecule has 0 aromatic heterocycles. The van der Waals surface area contributed by atoms with Crippen LogP contribution in [0.15, 0.2) is 12.1 Å². The van der Waals surface area contributed by atoms with Crippen LogP contribution in [0.3, 0.4) is 0 Å². The SMILES string of the molecule is CC(C)(C)OC(=O)N1CCCC2(CC1)COc1c2ccc(C(=O)O)c1CO. The van der Waals surface area contributed by atoms with Gasteiger partial charge in [-0.15, -0.1) is 0 Å². The lowest BCUT2D eigenvalue weighted by atomic mass is 9.75. The van der Waals surface area contributed by atoms with Gasteiger partial charge in [-0.2, -0.15) is 0 Å². The van der Waals surface area contributed by atoms with Crippen LogP contribution < -0.4 is 4.74 Å². The molecule has 1 aromatic rings. The second-order valence-corrected chi connectivity index (χ2v) is 8.32. The van der Waals surface area contributed by atoms with Gasteiger partial charge >= 0.3 is 12.1 Å². The third-order valence-electron chi connectivity index (χ3n) is 5.31. The fourth-order valence-corrected chi connectivity index (χ4v) is 3.97. The summed E-state index contributed by atoms with van der Waals surface area (Å²) in [5.41, 5.74) is 0.519. The minimum absolute atomic E-state index is 0.0669. The molecule has 7 heteroatoms. The molecular weight excluding hydrogens is 350 g/mol. The zero-order valence-corrected chi connectivity index (χ0v) is 16.1. The second kappa shape index (κ2) is 7.03. The van der Waals surface area contributed by atoms with Gasteiger partial charge in [0.2, 0.25) is 0 Å². The first-order valence-electron chi connectivity index (χ1n) is 9.28. The van der Waals surface area contributed by atoms with E-state index in [1.165, 1.54) is 0 Å². The Bertz CT molecular complexity index is 754. The highest BCUT2D eigenvalue weighted by molar-refractivity contribution is 5.90. The monoisotopic (exact) mass is 377 g/mol. The molecular formula is C20H27NO6. The molecule has 2 aliphatic heterocycles. The third-order valence-corrected chi connectivity index (χ3v) is 5.31. The Hall–Kier alpha value is -2.28. The number of hydrogen-bond donors (Lipinski definition) is 2. The lowest BCUT2D eigenvalue weighted by Gasteiger charge is -2.28. The van der Waals surface area contributed by atoms with Gasteiger partial charge in [0, 0.05) is 29.6 Å². The summed E-state index contributed by atoms with van der Waals surface area (Å²) >= 11 is 0. The fraction of sp³-hybridized carbons (Fsp3) is 0.600. The van der Waals surface area contributed by atoms with E-state index in [2.05, 4.69) is 0 Å². The van der Waals surface area contributed by atoms with Gasteiger partial charge in [-0.1, -0.05) is 6.07 Å². The third kappa shape index (κ3) is 3.74. The number of aliphatic hydroxyl groups excluding tert-OH is 1. The first-order valence-corrected chi connectivity index (χ1v) is 9.28. The minimum atomic E-state index is -1.08. The Morgan fingerprint density at radius 3 is 2.63 bits per heavy atom. The highest BCUT2D eigenvalue weighted by Crippen LogP contribution is 2.47. The molecule has 0 radical (unpaired) electrons. The molecule has 7 nitrogen and oxygen atoms in total. The number of benzene rings is 1. The topological polar surface area (TPSA) is 96.3 Å². The van der Waals surface area contributed by atoms with Crippen molar-refractivity contribution >= 4 is 12.1 Å². The molecule has 0 saturated carbocycles. The van der Waals surface area contributed by atoms with Crippen LogP contribution in [0.4, 0.5) is 4.79 Å². The summed E-state index contributed by atoms with van der Waals surface area (Å²) in [5, 5.41) is 19.0. The van der Waals surface area contributed by atoms with Crippen molar-refractivity contribution in [2.45, 2.75) is 57.7 Å². The van der Waals surface area contributed by atoms with Gasteiger partial charge in [0.05, 0.1) is 18.8 Å². The summed E-state index contributed by atoms with van der Waals surface area (Å²) in [5.74, 6) is -0.591. The molecule has 1 unspecified atom stereocenters. The molecule has 1 fully saturated rings. The van der Waals surface area contributed by atoms with E-state index in [0.29, 0.717) is 37.4 Å². The molecule has 27 heavy (non-hydrogen) atoms. The van der Waals surface area contributed by atoms with Crippen LogP contribution in [-0.2, 0) is 16.8 Å². The Morgan fingerprint density at radius 2 is 2.00 bits per heavy atom. The van der Waals surface area contributed by atoms with Crippen LogP contribution in [0.1, 0.15) is 61.5 Å². The van der Waals surface area contributed by atoms with Gasteiger partial charge in [0.15, 0.2) is 0 Å². The van der Waals surface area contributed by atoms with Gasteiger partial charge in [0.1, 0.15) is 11.4 Å². The molecule has 3 rings (SSSR count). The molecule has 2 aliphatic rings. The molecule has 1 amide bonds. The fourth-order valence-electron chi connectivity index (χ4n) is 3.97. The van der Waals surface area contributed by atoms with Crippen molar-refractivity contribution in [3.8, 4) is 5.75 Å². The molecule has 1 saturated heterocycles. The van der Waals surface area contributed by atoms with Crippen molar-refractivity contribution in [2.75, 3.05) is 19.7 Å². The molecule has 2 heterocycles.